The molecule has 1 aromatic carbocycles. The van der Waals surface area contributed by atoms with Gasteiger partial charge in [-0.2, -0.15) is 10.2 Å². The number of nitrogens with one attached hydrogen (secondary N) is 1. The molecule has 2 N–H and O–H groups in total. The molecule has 0 atom stereocenters. The van der Waals surface area contributed by atoms with Gasteiger partial charge in [-0.1, -0.05) is 41.9 Å². The van der Waals surface area contributed by atoms with Crippen molar-refractivity contribution in [1.82, 2.24) is 24.5 Å². The summed E-state index contributed by atoms with van der Waals surface area (Å²) >= 11 is 6.30. The topological polar surface area (TPSA) is 103 Å². The van der Waals surface area contributed by atoms with Crippen molar-refractivity contribution in [3.63, 3.8) is 0 Å². The van der Waals surface area contributed by atoms with Gasteiger partial charge in [-0.3, -0.25) is 20.2 Å². The molecule has 0 amide bonds. The standard InChI is InChI=1S/C24H22ClN7O2/c1-15-10-17(11-20(25)28-15)21-22(16-6-4-3-5-7-16)29-24(26)31-14-30(32(33)23(21)31)13-18-8-9-19(34-2)12-27-18/h3-12,26,33H,13-14H2,1-2H3. The summed E-state index contributed by atoms with van der Waals surface area (Å²) in [6, 6.07) is 16.9. The van der Waals surface area contributed by atoms with Gasteiger partial charge in [-0.15, -0.1) is 0 Å². The summed E-state index contributed by atoms with van der Waals surface area (Å²) in [5, 5.41) is 23.0. The molecule has 4 aromatic rings. The van der Waals surface area contributed by atoms with Gasteiger partial charge in [0.05, 0.1) is 36.8 Å². The minimum absolute atomic E-state index is 0.0266. The molecule has 0 unspecified atom stereocenters. The number of rotatable bonds is 5. The fraction of sp³-hybridized carbons (Fsp3) is 0.167. The highest BCUT2D eigenvalue weighted by atomic mass is 35.5. The van der Waals surface area contributed by atoms with Crippen LogP contribution in [0.2, 0.25) is 5.15 Å². The molecule has 9 nitrogen and oxygen atoms in total. The number of hydrogen-bond acceptors (Lipinski definition) is 8. The zero-order valence-corrected chi connectivity index (χ0v) is 19.4. The molecular weight excluding hydrogens is 454 g/mol. The fourth-order valence-corrected chi connectivity index (χ4v) is 4.29. The molecule has 5 rings (SSSR count). The van der Waals surface area contributed by atoms with Crippen LogP contribution in [0.4, 0.5) is 5.82 Å². The Labute approximate surface area is 200 Å². The molecule has 4 heterocycles. The molecule has 0 saturated carbocycles. The third-order valence-corrected chi connectivity index (χ3v) is 5.78. The summed E-state index contributed by atoms with van der Waals surface area (Å²) in [5.41, 5.74) is 4.29. The average Bonchev–Trinajstić information content (AvgIpc) is 3.16. The van der Waals surface area contributed by atoms with Crippen LogP contribution in [0.3, 0.4) is 0 Å². The third-order valence-electron chi connectivity index (χ3n) is 5.59. The Bertz CT molecular complexity index is 1390. The van der Waals surface area contributed by atoms with Crippen molar-refractivity contribution in [2.45, 2.75) is 20.1 Å². The number of fused-ring (bicyclic) bond motifs is 1. The van der Waals surface area contributed by atoms with Crippen molar-refractivity contribution in [1.29, 1.82) is 5.41 Å². The maximum Gasteiger partial charge on any atom is 0.225 e. The molecule has 34 heavy (non-hydrogen) atoms. The number of halogens is 1. The van der Waals surface area contributed by atoms with Crippen LogP contribution >= 0.6 is 11.6 Å². The fourth-order valence-electron chi connectivity index (χ4n) is 4.03. The first kappa shape index (κ1) is 22.0. The number of nitrogens with zero attached hydrogens (tertiary/aromatic N) is 6. The minimum Gasteiger partial charge on any atom is -0.495 e. The molecule has 0 saturated heterocycles. The van der Waals surface area contributed by atoms with Crippen LogP contribution in [0.1, 0.15) is 11.4 Å². The summed E-state index contributed by atoms with van der Waals surface area (Å²) in [6.45, 7) is 2.40. The zero-order valence-electron chi connectivity index (χ0n) is 18.6. The minimum atomic E-state index is 0.0266. The molecule has 0 bridgehead atoms. The smallest absolute Gasteiger partial charge is 0.225 e. The number of aromatic nitrogens is 4. The zero-order chi connectivity index (χ0) is 23.8. The van der Waals surface area contributed by atoms with E-state index in [0.29, 0.717) is 34.5 Å². The van der Waals surface area contributed by atoms with E-state index in [9.17, 15) is 5.21 Å². The second-order valence-electron chi connectivity index (χ2n) is 7.88. The first-order chi connectivity index (χ1) is 16.4. The van der Waals surface area contributed by atoms with Crippen LogP contribution in [0.15, 0.2) is 60.8 Å². The second kappa shape index (κ2) is 8.86. The lowest BCUT2D eigenvalue weighted by molar-refractivity contribution is 0.0614. The van der Waals surface area contributed by atoms with Gasteiger partial charge in [0, 0.05) is 11.3 Å². The number of ether oxygens (including phenoxy) is 1. The van der Waals surface area contributed by atoms with Crippen molar-refractivity contribution in [2.24, 2.45) is 0 Å². The van der Waals surface area contributed by atoms with Crippen LogP contribution in [0, 0.1) is 12.3 Å². The Hall–Kier alpha value is -3.79. The lowest BCUT2D eigenvalue weighted by Gasteiger charge is -2.23. The van der Waals surface area contributed by atoms with Crippen molar-refractivity contribution in [3.8, 4) is 28.1 Å². The highest BCUT2D eigenvalue weighted by Crippen LogP contribution is 2.40. The number of pyridine rings is 2. The van der Waals surface area contributed by atoms with E-state index in [2.05, 4.69) is 15.0 Å². The number of hydrogen-bond donors (Lipinski definition) is 2. The summed E-state index contributed by atoms with van der Waals surface area (Å²) in [7, 11) is 1.58. The van der Waals surface area contributed by atoms with Gasteiger partial charge in [0.25, 0.3) is 0 Å². The summed E-state index contributed by atoms with van der Waals surface area (Å²) in [6.07, 6.45) is 1.63. The van der Waals surface area contributed by atoms with Gasteiger partial charge in [0.2, 0.25) is 5.62 Å². The van der Waals surface area contributed by atoms with Gasteiger partial charge < -0.3 is 4.74 Å². The summed E-state index contributed by atoms with van der Waals surface area (Å²) in [5.74, 6) is 1.08. The van der Waals surface area contributed by atoms with E-state index in [4.69, 9.17) is 21.7 Å². The van der Waals surface area contributed by atoms with Crippen LogP contribution in [-0.2, 0) is 13.2 Å². The first-order valence-electron chi connectivity index (χ1n) is 10.6. The SMILES string of the molecule is COc1ccc(CN2Cn3c(c(-c4cc(C)nc(Cl)c4)c(-c4ccccc4)nc3=N)N2O)nc1. The molecule has 0 spiro atoms. The molecule has 3 aromatic heterocycles. The largest absolute Gasteiger partial charge is 0.495 e. The Kier molecular flexibility index (Phi) is 5.74. The van der Waals surface area contributed by atoms with Gasteiger partial charge in [0.1, 0.15) is 17.6 Å². The molecule has 0 radical (unpaired) electrons. The first-order valence-corrected chi connectivity index (χ1v) is 10.9. The van der Waals surface area contributed by atoms with E-state index < -0.39 is 0 Å². The van der Waals surface area contributed by atoms with Gasteiger partial charge >= 0.3 is 0 Å². The van der Waals surface area contributed by atoms with E-state index in [1.165, 1.54) is 0 Å². The molecule has 0 aliphatic carbocycles. The average molecular weight is 476 g/mol. The summed E-state index contributed by atoms with van der Waals surface area (Å²) < 4.78 is 6.82. The predicted molar refractivity (Wildman–Crippen MR) is 127 cm³/mol. The third kappa shape index (κ3) is 4.01. The molecule has 1 aliphatic heterocycles. The number of methoxy groups -OCH3 is 1. The Morgan fingerprint density at radius 2 is 1.88 bits per heavy atom. The van der Waals surface area contributed by atoms with Crippen LogP contribution in [0.25, 0.3) is 22.4 Å². The number of anilines is 1. The lowest BCUT2D eigenvalue weighted by atomic mass is 9.99. The molecular formula is C24H22ClN7O2. The number of hydrazine groups is 1. The van der Waals surface area contributed by atoms with E-state index in [0.717, 1.165) is 27.7 Å². The van der Waals surface area contributed by atoms with E-state index >= 15 is 0 Å². The quantitative estimate of drug-likeness (QED) is 0.420. The van der Waals surface area contributed by atoms with E-state index in [1.807, 2.05) is 55.5 Å². The normalized spacial score (nSPS) is 13.2. The Morgan fingerprint density at radius 3 is 2.56 bits per heavy atom. The highest BCUT2D eigenvalue weighted by molar-refractivity contribution is 6.29. The molecule has 172 valence electrons. The number of benzene rings is 1. The monoisotopic (exact) mass is 475 g/mol. The Morgan fingerprint density at radius 1 is 1.09 bits per heavy atom. The summed E-state index contributed by atoms with van der Waals surface area (Å²) in [4.78, 5) is 13.3. The molecule has 1 aliphatic rings. The van der Waals surface area contributed by atoms with Crippen molar-refractivity contribution in [2.75, 3.05) is 12.3 Å². The maximum atomic E-state index is 11.3. The van der Waals surface area contributed by atoms with Crippen molar-refractivity contribution < 1.29 is 9.94 Å². The predicted octanol–water partition coefficient (Wildman–Crippen LogP) is 4.04. The van der Waals surface area contributed by atoms with Crippen LogP contribution in [-0.4, -0.2) is 36.8 Å². The van der Waals surface area contributed by atoms with Gasteiger partial charge in [0.15, 0.2) is 5.82 Å². The lowest BCUT2D eigenvalue weighted by Crippen LogP contribution is -2.34. The van der Waals surface area contributed by atoms with E-state index in [-0.39, 0.29) is 12.3 Å². The van der Waals surface area contributed by atoms with Crippen LogP contribution < -0.4 is 15.5 Å². The van der Waals surface area contributed by atoms with Crippen molar-refractivity contribution in [3.05, 3.63) is 83.0 Å². The van der Waals surface area contributed by atoms with Crippen LogP contribution in [0.5, 0.6) is 5.75 Å². The number of aryl methyl sites for hydroxylation is 1. The molecule has 0 fully saturated rings. The van der Waals surface area contributed by atoms with Gasteiger partial charge in [-0.25, -0.2) is 9.97 Å². The highest BCUT2D eigenvalue weighted by Gasteiger charge is 2.33. The van der Waals surface area contributed by atoms with E-state index in [1.54, 1.807) is 28.9 Å². The Balaban J connectivity index is 1.66. The van der Waals surface area contributed by atoms with Crippen molar-refractivity contribution >= 4 is 17.4 Å². The van der Waals surface area contributed by atoms with Gasteiger partial charge in [-0.05, 0) is 36.8 Å². The maximum absolute atomic E-state index is 11.3. The second-order valence-corrected chi connectivity index (χ2v) is 8.27. The molecule has 10 heteroatoms.